The van der Waals surface area contributed by atoms with E-state index in [1.165, 1.54) is 6.07 Å². The normalized spacial score (nSPS) is 10.5. The van der Waals surface area contributed by atoms with Crippen LogP contribution in [0.3, 0.4) is 0 Å². The number of hydrogen-bond donors (Lipinski definition) is 0. The highest BCUT2D eigenvalue weighted by Crippen LogP contribution is 2.31. The summed E-state index contributed by atoms with van der Waals surface area (Å²) < 4.78 is 19.8. The Balaban J connectivity index is 1.93. The van der Waals surface area contributed by atoms with Gasteiger partial charge < -0.3 is 4.74 Å². The van der Waals surface area contributed by atoms with Crippen molar-refractivity contribution in [2.75, 3.05) is 0 Å². The van der Waals surface area contributed by atoms with Gasteiger partial charge in [-0.3, -0.25) is 0 Å². The molecule has 2 nitrogen and oxygen atoms in total. The molecular weight excluding hydrogens is 301 g/mol. The van der Waals surface area contributed by atoms with Gasteiger partial charge in [0, 0.05) is 5.56 Å². The molecule has 0 radical (unpaired) electrons. The molecule has 0 saturated carbocycles. The van der Waals surface area contributed by atoms with Crippen molar-refractivity contribution in [3.8, 4) is 17.0 Å². The average Bonchev–Trinajstić information content (AvgIpc) is 2.55. The molecule has 0 aliphatic carbocycles. The van der Waals surface area contributed by atoms with E-state index in [0.29, 0.717) is 28.8 Å². The monoisotopic (exact) mass is 313 g/mol. The second-order valence-electron chi connectivity index (χ2n) is 4.73. The van der Waals surface area contributed by atoms with Crippen molar-refractivity contribution in [1.82, 2.24) is 4.98 Å². The molecule has 0 aliphatic rings. The average molecular weight is 314 g/mol. The molecule has 4 heteroatoms. The van der Waals surface area contributed by atoms with Crippen molar-refractivity contribution in [2.24, 2.45) is 0 Å². The van der Waals surface area contributed by atoms with Crippen molar-refractivity contribution >= 4 is 11.6 Å². The Morgan fingerprint density at radius 3 is 2.41 bits per heavy atom. The van der Waals surface area contributed by atoms with Gasteiger partial charge in [-0.1, -0.05) is 54.1 Å². The number of halogens is 2. The van der Waals surface area contributed by atoms with Gasteiger partial charge in [-0.25, -0.2) is 9.37 Å². The van der Waals surface area contributed by atoms with Crippen LogP contribution in [-0.4, -0.2) is 4.98 Å². The molecule has 2 aromatic carbocycles. The van der Waals surface area contributed by atoms with Gasteiger partial charge in [-0.15, -0.1) is 0 Å². The van der Waals surface area contributed by atoms with E-state index in [-0.39, 0.29) is 5.82 Å². The van der Waals surface area contributed by atoms with Crippen LogP contribution in [0.15, 0.2) is 66.7 Å². The lowest BCUT2D eigenvalue weighted by Crippen LogP contribution is -1.99. The van der Waals surface area contributed by atoms with Crippen LogP contribution in [0.25, 0.3) is 11.3 Å². The second-order valence-corrected chi connectivity index (χ2v) is 5.12. The third-order valence-electron chi connectivity index (χ3n) is 3.19. The fourth-order valence-electron chi connectivity index (χ4n) is 2.12. The summed E-state index contributed by atoms with van der Waals surface area (Å²) in [5.41, 5.74) is 1.80. The standard InChI is InChI=1S/C18H13ClFNO/c19-17-11-10-16(22-12-13-6-2-1-3-7-13)18(21-17)14-8-4-5-9-15(14)20/h1-11H,12H2. The molecule has 0 saturated heterocycles. The van der Waals surface area contributed by atoms with Crippen molar-refractivity contribution in [2.45, 2.75) is 6.61 Å². The quantitative estimate of drug-likeness (QED) is 0.624. The molecule has 3 aromatic rings. The lowest BCUT2D eigenvalue weighted by Gasteiger charge is -2.12. The van der Waals surface area contributed by atoms with Crippen LogP contribution in [0.5, 0.6) is 5.75 Å². The Hall–Kier alpha value is -2.39. The summed E-state index contributed by atoms with van der Waals surface area (Å²) in [6.07, 6.45) is 0. The number of rotatable bonds is 4. The number of nitrogens with zero attached hydrogens (tertiary/aromatic N) is 1. The Kier molecular flexibility index (Phi) is 4.35. The molecule has 0 aliphatic heterocycles. The Labute approximate surface area is 133 Å². The van der Waals surface area contributed by atoms with Crippen molar-refractivity contribution in [1.29, 1.82) is 0 Å². The smallest absolute Gasteiger partial charge is 0.146 e. The van der Waals surface area contributed by atoms with Gasteiger partial charge >= 0.3 is 0 Å². The molecule has 0 fully saturated rings. The van der Waals surface area contributed by atoms with E-state index in [0.717, 1.165) is 5.56 Å². The predicted octanol–water partition coefficient (Wildman–Crippen LogP) is 5.12. The summed E-state index contributed by atoms with van der Waals surface area (Å²) in [5.74, 6) is 0.139. The molecule has 0 unspecified atom stereocenters. The molecule has 0 amide bonds. The van der Waals surface area contributed by atoms with Gasteiger partial charge in [0.2, 0.25) is 0 Å². The van der Waals surface area contributed by atoms with Crippen molar-refractivity contribution < 1.29 is 9.13 Å². The lowest BCUT2D eigenvalue weighted by atomic mass is 10.1. The van der Waals surface area contributed by atoms with E-state index in [1.54, 1.807) is 30.3 Å². The molecule has 110 valence electrons. The number of pyridine rings is 1. The maximum atomic E-state index is 14.0. The second kappa shape index (κ2) is 6.58. The number of aromatic nitrogens is 1. The van der Waals surface area contributed by atoms with Gasteiger partial charge in [-0.05, 0) is 29.8 Å². The summed E-state index contributed by atoms with van der Waals surface area (Å²) in [7, 11) is 0. The summed E-state index contributed by atoms with van der Waals surface area (Å²) >= 11 is 5.95. The van der Waals surface area contributed by atoms with Gasteiger partial charge in [0.25, 0.3) is 0 Å². The highest BCUT2D eigenvalue weighted by atomic mass is 35.5. The summed E-state index contributed by atoms with van der Waals surface area (Å²) in [6.45, 7) is 0.381. The van der Waals surface area contributed by atoms with E-state index in [9.17, 15) is 4.39 Å². The minimum absolute atomic E-state index is 0.297. The minimum Gasteiger partial charge on any atom is -0.487 e. The van der Waals surface area contributed by atoms with E-state index >= 15 is 0 Å². The molecule has 0 spiro atoms. The summed E-state index contributed by atoms with van der Waals surface area (Å²) in [5, 5.41) is 0.297. The SMILES string of the molecule is Fc1ccccc1-c1nc(Cl)ccc1OCc1ccccc1. The van der Waals surface area contributed by atoms with Crippen LogP contribution in [0, 0.1) is 5.82 Å². The van der Waals surface area contributed by atoms with Gasteiger partial charge in [0.1, 0.15) is 29.0 Å². The summed E-state index contributed by atoms with van der Waals surface area (Å²) in [6, 6.07) is 19.5. The van der Waals surface area contributed by atoms with Crippen molar-refractivity contribution in [3.63, 3.8) is 0 Å². The molecule has 1 heterocycles. The molecule has 22 heavy (non-hydrogen) atoms. The first-order valence-corrected chi connectivity index (χ1v) is 7.20. The molecule has 0 bridgehead atoms. The van der Waals surface area contributed by atoms with Crippen LogP contribution in [0.2, 0.25) is 5.15 Å². The van der Waals surface area contributed by atoms with Gasteiger partial charge in [0.05, 0.1) is 0 Å². The first-order chi connectivity index (χ1) is 10.7. The van der Waals surface area contributed by atoms with E-state index in [1.807, 2.05) is 30.3 Å². The zero-order valence-corrected chi connectivity index (χ0v) is 12.4. The molecule has 3 rings (SSSR count). The molecule has 0 atom stereocenters. The minimum atomic E-state index is -0.359. The third-order valence-corrected chi connectivity index (χ3v) is 3.40. The topological polar surface area (TPSA) is 22.1 Å². The number of hydrogen-bond acceptors (Lipinski definition) is 2. The van der Waals surface area contributed by atoms with Crippen LogP contribution in [-0.2, 0) is 6.61 Å². The molecule has 1 aromatic heterocycles. The first-order valence-electron chi connectivity index (χ1n) is 6.82. The Bertz CT molecular complexity index is 777. The van der Waals surface area contributed by atoms with Gasteiger partial charge in [-0.2, -0.15) is 0 Å². The highest BCUT2D eigenvalue weighted by molar-refractivity contribution is 6.29. The largest absolute Gasteiger partial charge is 0.487 e. The predicted molar refractivity (Wildman–Crippen MR) is 85.4 cm³/mol. The fraction of sp³-hybridized carbons (Fsp3) is 0.0556. The molecular formula is C18H13ClFNO. The van der Waals surface area contributed by atoms with Crippen LogP contribution in [0.4, 0.5) is 4.39 Å². The van der Waals surface area contributed by atoms with E-state index in [2.05, 4.69) is 4.98 Å². The van der Waals surface area contributed by atoms with E-state index in [4.69, 9.17) is 16.3 Å². The van der Waals surface area contributed by atoms with Crippen LogP contribution in [0.1, 0.15) is 5.56 Å². The summed E-state index contributed by atoms with van der Waals surface area (Å²) in [4.78, 5) is 4.22. The Morgan fingerprint density at radius 1 is 0.909 bits per heavy atom. The van der Waals surface area contributed by atoms with E-state index < -0.39 is 0 Å². The zero-order valence-electron chi connectivity index (χ0n) is 11.7. The van der Waals surface area contributed by atoms with Gasteiger partial charge in [0.15, 0.2) is 0 Å². The highest BCUT2D eigenvalue weighted by Gasteiger charge is 2.13. The first kappa shape index (κ1) is 14.5. The Morgan fingerprint density at radius 2 is 1.64 bits per heavy atom. The maximum absolute atomic E-state index is 14.0. The fourth-order valence-corrected chi connectivity index (χ4v) is 2.27. The van der Waals surface area contributed by atoms with Crippen LogP contribution >= 0.6 is 11.6 Å². The maximum Gasteiger partial charge on any atom is 0.146 e. The molecule has 0 N–H and O–H groups in total. The lowest BCUT2D eigenvalue weighted by molar-refractivity contribution is 0.306. The zero-order chi connectivity index (χ0) is 15.4. The number of ether oxygens (including phenoxy) is 1. The number of benzene rings is 2. The van der Waals surface area contributed by atoms with Crippen LogP contribution < -0.4 is 4.74 Å². The van der Waals surface area contributed by atoms with Crippen molar-refractivity contribution in [3.05, 3.63) is 83.3 Å². The third kappa shape index (κ3) is 3.26.